The molecule has 1 unspecified atom stereocenters. The molecule has 1 atom stereocenters. The van der Waals surface area contributed by atoms with Crippen LogP contribution in [0.1, 0.15) is 29.4 Å². The monoisotopic (exact) mass is 331 g/mol. The van der Waals surface area contributed by atoms with Crippen LogP contribution in [0.15, 0.2) is 47.9 Å². The highest BCUT2D eigenvalue weighted by Crippen LogP contribution is 2.27. The van der Waals surface area contributed by atoms with Gasteiger partial charge >= 0.3 is 0 Å². The predicted octanol–water partition coefficient (Wildman–Crippen LogP) is 3.63. The van der Waals surface area contributed by atoms with Crippen LogP contribution in [0.25, 0.3) is 5.57 Å². The minimum Gasteiger partial charge on any atom is -0.388 e. The van der Waals surface area contributed by atoms with E-state index in [2.05, 4.69) is 12.1 Å². The molecule has 0 fully saturated rings. The molecule has 0 bridgehead atoms. The zero-order valence-electron chi connectivity index (χ0n) is 12.6. The standard InChI is InChI=1S/C18H18FNO2S/c19-15-4-1-3-14(11-15)16(21)12-18(22)20-8-6-13(7-9-20)17-5-2-10-23-17/h1-6,10-11,16,21H,7-9,12H2. The van der Waals surface area contributed by atoms with Crippen LogP contribution in [0.5, 0.6) is 0 Å². The summed E-state index contributed by atoms with van der Waals surface area (Å²) < 4.78 is 13.2. The smallest absolute Gasteiger partial charge is 0.225 e. The minimum atomic E-state index is -0.971. The third-order valence-electron chi connectivity index (χ3n) is 4.00. The number of halogens is 1. The molecule has 1 aliphatic rings. The Morgan fingerprint density at radius 2 is 2.22 bits per heavy atom. The summed E-state index contributed by atoms with van der Waals surface area (Å²) in [5, 5.41) is 12.2. The lowest BCUT2D eigenvalue weighted by Crippen LogP contribution is -2.35. The highest BCUT2D eigenvalue weighted by Gasteiger charge is 2.21. The largest absolute Gasteiger partial charge is 0.388 e. The topological polar surface area (TPSA) is 40.5 Å². The lowest BCUT2D eigenvalue weighted by molar-refractivity contribution is -0.132. The number of aliphatic hydroxyl groups is 1. The first-order valence-corrected chi connectivity index (χ1v) is 8.45. The van der Waals surface area contributed by atoms with Crippen LogP contribution in [-0.2, 0) is 4.79 Å². The summed E-state index contributed by atoms with van der Waals surface area (Å²) >= 11 is 1.70. The molecule has 1 aliphatic heterocycles. The summed E-state index contributed by atoms with van der Waals surface area (Å²) in [5.41, 5.74) is 1.71. The number of hydrogen-bond acceptors (Lipinski definition) is 3. The SMILES string of the molecule is O=C(CC(O)c1cccc(F)c1)N1CC=C(c2cccs2)CC1. The van der Waals surface area contributed by atoms with Gasteiger partial charge in [0.1, 0.15) is 5.82 Å². The van der Waals surface area contributed by atoms with Crippen molar-refractivity contribution in [3.63, 3.8) is 0 Å². The van der Waals surface area contributed by atoms with Crippen molar-refractivity contribution in [2.45, 2.75) is 18.9 Å². The van der Waals surface area contributed by atoms with Crippen LogP contribution in [0.3, 0.4) is 0 Å². The quantitative estimate of drug-likeness (QED) is 0.929. The first kappa shape index (κ1) is 15.9. The molecule has 23 heavy (non-hydrogen) atoms. The molecular weight excluding hydrogens is 313 g/mol. The van der Waals surface area contributed by atoms with E-state index >= 15 is 0 Å². The van der Waals surface area contributed by atoms with E-state index in [-0.39, 0.29) is 12.3 Å². The van der Waals surface area contributed by atoms with Gasteiger partial charge in [0.2, 0.25) is 5.91 Å². The van der Waals surface area contributed by atoms with E-state index in [0.29, 0.717) is 18.7 Å². The fourth-order valence-electron chi connectivity index (χ4n) is 2.71. The Morgan fingerprint density at radius 1 is 1.35 bits per heavy atom. The molecule has 5 heteroatoms. The molecule has 0 spiro atoms. The van der Waals surface area contributed by atoms with E-state index < -0.39 is 11.9 Å². The average molecular weight is 331 g/mol. The number of amides is 1. The molecule has 1 N–H and O–H groups in total. The zero-order chi connectivity index (χ0) is 16.2. The second kappa shape index (κ2) is 7.06. The third kappa shape index (κ3) is 3.86. The number of aliphatic hydroxyl groups excluding tert-OH is 1. The molecule has 2 heterocycles. The molecule has 0 saturated carbocycles. The molecule has 3 rings (SSSR count). The summed E-state index contributed by atoms with van der Waals surface area (Å²) in [6.45, 7) is 1.21. The number of carbonyl (C=O) groups excluding carboxylic acids is 1. The highest BCUT2D eigenvalue weighted by atomic mass is 32.1. The van der Waals surface area contributed by atoms with Crippen LogP contribution >= 0.6 is 11.3 Å². The van der Waals surface area contributed by atoms with Gasteiger partial charge in [-0.15, -0.1) is 11.3 Å². The van der Waals surface area contributed by atoms with Gasteiger partial charge in [-0.1, -0.05) is 24.3 Å². The summed E-state index contributed by atoms with van der Waals surface area (Å²) in [7, 11) is 0. The van der Waals surface area contributed by atoms with E-state index in [9.17, 15) is 14.3 Å². The highest BCUT2D eigenvalue weighted by molar-refractivity contribution is 7.11. The first-order valence-electron chi connectivity index (χ1n) is 7.57. The maximum absolute atomic E-state index is 13.2. The molecule has 120 valence electrons. The second-order valence-corrected chi connectivity index (χ2v) is 6.52. The van der Waals surface area contributed by atoms with Crippen molar-refractivity contribution in [1.29, 1.82) is 0 Å². The van der Waals surface area contributed by atoms with E-state index in [1.807, 2.05) is 11.4 Å². The van der Waals surface area contributed by atoms with Gasteiger partial charge in [-0.25, -0.2) is 4.39 Å². The van der Waals surface area contributed by atoms with E-state index in [1.54, 1.807) is 22.3 Å². The van der Waals surface area contributed by atoms with Crippen LogP contribution in [0.2, 0.25) is 0 Å². The maximum atomic E-state index is 13.2. The molecule has 0 saturated heterocycles. The van der Waals surface area contributed by atoms with Crippen molar-refractivity contribution in [3.05, 3.63) is 64.1 Å². The molecule has 3 nitrogen and oxygen atoms in total. The van der Waals surface area contributed by atoms with Crippen molar-refractivity contribution >= 4 is 22.8 Å². The average Bonchev–Trinajstić information content (AvgIpc) is 3.09. The Kier molecular flexibility index (Phi) is 4.88. The fraction of sp³-hybridized carbons (Fsp3) is 0.278. The van der Waals surface area contributed by atoms with E-state index in [0.717, 1.165) is 6.42 Å². The van der Waals surface area contributed by atoms with E-state index in [4.69, 9.17) is 0 Å². The Balaban J connectivity index is 1.59. The Hall–Kier alpha value is -1.98. The number of hydrogen-bond donors (Lipinski definition) is 1. The molecule has 1 aromatic carbocycles. The summed E-state index contributed by atoms with van der Waals surface area (Å²) in [6, 6.07) is 9.86. The summed E-state index contributed by atoms with van der Waals surface area (Å²) in [4.78, 5) is 15.3. The molecule has 1 aromatic heterocycles. The second-order valence-electron chi connectivity index (χ2n) is 5.57. The number of thiophene rings is 1. The number of benzene rings is 1. The molecule has 2 aromatic rings. The lowest BCUT2D eigenvalue weighted by Gasteiger charge is -2.27. The molecule has 1 amide bonds. The van der Waals surface area contributed by atoms with Gasteiger partial charge in [0.15, 0.2) is 0 Å². The van der Waals surface area contributed by atoms with Crippen molar-refractivity contribution in [1.82, 2.24) is 4.90 Å². The van der Waals surface area contributed by atoms with Gasteiger partial charge in [-0.05, 0) is 41.1 Å². The first-order chi connectivity index (χ1) is 11.1. The van der Waals surface area contributed by atoms with E-state index in [1.165, 1.54) is 28.6 Å². The zero-order valence-corrected chi connectivity index (χ0v) is 13.4. The minimum absolute atomic E-state index is 0.0222. The van der Waals surface area contributed by atoms with Gasteiger partial charge in [0.25, 0.3) is 0 Å². The van der Waals surface area contributed by atoms with Gasteiger partial charge in [-0.2, -0.15) is 0 Å². The van der Waals surface area contributed by atoms with Crippen LogP contribution in [0, 0.1) is 5.82 Å². The maximum Gasteiger partial charge on any atom is 0.225 e. The van der Waals surface area contributed by atoms with Crippen molar-refractivity contribution in [2.75, 3.05) is 13.1 Å². The normalized spacial score (nSPS) is 16.1. The van der Waals surface area contributed by atoms with Crippen molar-refractivity contribution < 1.29 is 14.3 Å². The molecule has 0 aliphatic carbocycles. The van der Waals surface area contributed by atoms with Gasteiger partial charge in [0, 0.05) is 18.0 Å². The molecular formula is C18H18FNO2S. The molecule has 0 radical (unpaired) electrons. The number of nitrogens with zero attached hydrogens (tertiary/aromatic N) is 1. The predicted molar refractivity (Wildman–Crippen MR) is 89.5 cm³/mol. The lowest BCUT2D eigenvalue weighted by atomic mass is 10.0. The number of carbonyl (C=O) groups is 1. The Labute approximate surface area is 138 Å². The van der Waals surface area contributed by atoms with Crippen molar-refractivity contribution in [3.8, 4) is 0 Å². The van der Waals surface area contributed by atoms with Crippen LogP contribution in [-0.4, -0.2) is 29.0 Å². The van der Waals surface area contributed by atoms with Gasteiger partial charge in [0.05, 0.1) is 12.5 Å². The third-order valence-corrected chi connectivity index (χ3v) is 4.95. The van der Waals surface area contributed by atoms with Crippen LogP contribution < -0.4 is 0 Å². The summed E-state index contributed by atoms with van der Waals surface area (Å²) in [5.74, 6) is -0.515. The fourth-order valence-corrected chi connectivity index (χ4v) is 3.50. The Bertz CT molecular complexity index is 712. The van der Waals surface area contributed by atoms with Gasteiger partial charge < -0.3 is 10.0 Å². The Morgan fingerprint density at radius 3 is 2.87 bits per heavy atom. The van der Waals surface area contributed by atoms with Crippen molar-refractivity contribution in [2.24, 2.45) is 0 Å². The van der Waals surface area contributed by atoms with Crippen LogP contribution in [0.4, 0.5) is 4.39 Å². The number of rotatable bonds is 4. The van der Waals surface area contributed by atoms with Gasteiger partial charge in [-0.3, -0.25) is 4.79 Å². The summed E-state index contributed by atoms with van der Waals surface area (Å²) in [6.07, 6.45) is 1.90.